The molecule has 0 aromatic rings. The van der Waals surface area contributed by atoms with E-state index in [-0.39, 0.29) is 6.61 Å². The van der Waals surface area contributed by atoms with E-state index in [0.29, 0.717) is 6.42 Å². The average molecular weight is 408 g/mol. The molecule has 27 heavy (non-hydrogen) atoms. The van der Waals surface area contributed by atoms with Crippen LogP contribution in [0.3, 0.4) is 0 Å². The number of rotatable bonds is 20. The van der Waals surface area contributed by atoms with Gasteiger partial charge in [-0.2, -0.15) is 0 Å². The van der Waals surface area contributed by atoms with Crippen LogP contribution < -0.4 is 4.89 Å². The first-order valence-corrected chi connectivity index (χ1v) is 12.8. The molecule has 1 N–H and O–H groups in total. The van der Waals surface area contributed by atoms with Crippen molar-refractivity contribution in [1.29, 1.82) is 0 Å². The largest absolute Gasteiger partial charge is 0.756 e. The lowest BCUT2D eigenvalue weighted by atomic mass is 10.0. The van der Waals surface area contributed by atoms with Crippen molar-refractivity contribution in [1.82, 2.24) is 0 Å². The van der Waals surface area contributed by atoms with Gasteiger partial charge in [-0.3, -0.25) is 4.57 Å². The number of phosphoric acid groups is 1. The van der Waals surface area contributed by atoms with Gasteiger partial charge < -0.3 is 18.8 Å². The first-order valence-electron chi connectivity index (χ1n) is 11.3. The first kappa shape index (κ1) is 27.1. The van der Waals surface area contributed by atoms with Gasteiger partial charge in [-0.25, -0.2) is 0 Å². The summed E-state index contributed by atoms with van der Waals surface area (Å²) in [7, 11) is -0.228. The highest BCUT2D eigenvalue weighted by molar-refractivity contribution is 7.44. The second-order valence-corrected chi connectivity index (χ2v) is 9.83. The lowest BCUT2D eigenvalue weighted by Crippen LogP contribution is -2.41. The number of phosphoric ester groups is 1. The topological polar surface area (TPSA) is 69.6 Å². The molecule has 164 valence electrons. The van der Waals surface area contributed by atoms with Gasteiger partial charge in [0.1, 0.15) is 0 Å². The molecule has 0 aromatic carbocycles. The van der Waals surface area contributed by atoms with Crippen molar-refractivity contribution in [2.24, 2.45) is 0 Å². The van der Waals surface area contributed by atoms with Crippen molar-refractivity contribution in [3.8, 4) is 0 Å². The molecule has 0 amide bonds. The van der Waals surface area contributed by atoms with Gasteiger partial charge in [0.2, 0.25) is 0 Å². The Hall–Kier alpha value is 0.0700. The Labute approximate surface area is 168 Å². The fourth-order valence-electron chi connectivity index (χ4n) is 3.52. The average Bonchev–Trinajstić information content (AvgIpc) is 2.58. The van der Waals surface area contributed by atoms with E-state index in [0.717, 1.165) is 17.6 Å². The van der Waals surface area contributed by atoms with Crippen LogP contribution in [-0.4, -0.2) is 43.2 Å². The normalized spacial score (nSPS) is 14.4. The molecule has 0 fully saturated rings. The molecule has 0 radical (unpaired) electrons. The maximum Gasteiger partial charge on any atom is 0.265 e. The molecular formula is C21H46NO4P. The highest BCUT2D eigenvalue weighted by Crippen LogP contribution is 2.30. The van der Waals surface area contributed by atoms with E-state index < -0.39 is 7.82 Å². The molecule has 0 aliphatic rings. The molecule has 0 spiro atoms. The van der Waals surface area contributed by atoms with Gasteiger partial charge in [-0.05, 0) is 12.8 Å². The minimum absolute atomic E-state index is 0.0672. The SMILES string of the molecule is CCCCCCCCCCCCCCCC[N+](C)(C)CCCOP(=O)([O-])O. The van der Waals surface area contributed by atoms with Crippen LogP contribution in [0.2, 0.25) is 0 Å². The van der Waals surface area contributed by atoms with Crippen molar-refractivity contribution >= 4 is 7.82 Å². The van der Waals surface area contributed by atoms with Gasteiger partial charge in [-0.1, -0.05) is 84.0 Å². The molecule has 0 aromatic heterocycles. The van der Waals surface area contributed by atoms with E-state index in [1.165, 1.54) is 89.9 Å². The van der Waals surface area contributed by atoms with Crippen LogP contribution in [0.5, 0.6) is 0 Å². The van der Waals surface area contributed by atoms with Crippen LogP contribution in [0.15, 0.2) is 0 Å². The summed E-state index contributed by atoms with van der Waals surface area (Å²) in [6.07, 6.45) is 19.8. The predicted octanol–water partition coefficient (Wildman–Crippen LogP) is 5.41. The third-order valence-electron chi connectivity index (χ3n) is 5.28. The van der Waals surface area contributed by atoms with Crippen LogP contribution in [0.1, 0.15) is 103 Å². The molecule has 6 heteroatoms. The second kappa shape index (κ2) is 17.0. The Morgan fingerprint density at radius 3 is 1.52 bits per heavy atom. The first-order chi connectivity index (χ1) is 12.8. The molecule has 5 nitrogen and oxygen atoms in total. The molecule has 0 heterocycles. The summed E-state index contributed by atoms with van der Waals surface area (Å²) in [5.41, 5.74) is 0. The van der Waals surface area contributed by atoms with Gasteiger partial charge in [0.05, 0.1) is 33.8 Å². The van der Waals surface area contributed by atoms with Gasteiger partial charge in [0.15, 0.2) is 0 Å². The smallest absolute Gasteiger partial charge is 0.265 e. The fraction of sp³-hybridized carbons (Fsp3) is 1.00. The number of quaternary nitrogens is 1. The van der Waals surface area contributed by atoms with Gasteiger partial charge in [-0.15, -0.1) is 0 Å². The van der Waals surface area contributed by atoms with Gasteiger partial charge in [0.25, 0.3) is 7.82 Å². The van der Waals surface area contributed by atoms with Crippen LogP contribution >= 0.6 is 7.82 Å². The Kier molecular flexibility index (Phi) is 17.0. The molecule has 0 rings (SSSR count). The summed E-state index contributed by atoms with van der Waals surface area (Å²) in [6.45, 7) is 4.30. The van der Waals surface area contributed by atoms with E-state index in [1.807, 2.05) is 0 Å². The zero-order valence-corrected chi connectivity index (χ0v) is 19.2. The highest BCUT2D eigenvalue weighted by Gasteiger charge is 2.14. The summed E-state index contributed by atoms with van der Waals surface area (Å²) in [5.74, 6) is 0. The standard InChI is InChI=1S/C21H46NO4P/c1-4-5-6-7-8-9-10-11-12-13-14-15-16-17-19-22(2,3)20-18-21-26-27(23,24)25/h4-21H2,1-3H3,(H-,23,24,25). The number of nitrogens with zero attached hydrogens (tertiary/aromatic N) is 1. The van der Waals surface area contributed by atoms with E-state index >= 15 is 0 Å². The van der Waals surface area contributed by atoms with Crippen molar-refractivity contribution in [3.05, 3.63) is 0 Å². The van der Waals surface area contributed by atoms with Crippen molar-refractivity contribution in [3.63, 3.8) is 0 Å². The van der Waals surface area contributed by atoms with Crippen LogP contribution in [-0.2, 0) is 9.09 Å². The molecule has 0 aliphatic carbocycles. The van der Waals surface area contributed by atoms with Crippen LogP contribution in [0.4, 0.5) is 0 Å². The summed E-state index contributed by atoms with van der Waals surface area (Å²) >= 11 is 0. The molecule has 1 unspecified atom stereocenters. The number of hydrogen-bond donors (Lipinski definition) is 1. The molecule has 0 aliphatic heterocycles. The summed E-state index contributed by atoms with van der Waals surface area (Å²) in [4.78, 5) is 19.1. The predicted molar refractivity (Wildman–Crippen MR) is 113 cm³/mol. The molecular weight excluding hydrogens is 361 g/mol. The Balaban J connectivity index is 3.34. The third-order valence-corrected chi connectivity index (χ3v) is 5.79. The van der Waals surface area contributed by atoms with Crippen molar-refractivity contribution in [2.75, 3.05) is 33.8 Å². The third kappa shape index (κ3) is 22.2. The quantitative estimate of drug-likeness (QED) is 0.166. The zero-order valence-electron chi connectivity index (χ0n) is 18.3. The maximum atomic E-state index is 10.5. The van der Waals surface area contributed by atoms with E-state index in [4.69, 9.17) is 4.89 Å². The molecule has 0 bridgehead atoms. The fourth-order valence-corrected chi connectivity index (χ4v) is 3.88. The number of hydrogen-bond acceptors (Lipinski definition) is 3. The van der Waals surface area contributed by atoms with E-state index in [1.54, 1.807) is 0 Å². The Morgan fingerprint density at radius 1 is 0.741 bits per heavy atom. The molecule has 0 saturated heterocycles. The lowest BCUT2D eigenvalue weighted by Gasteiger charge is -2.30. The monoisotopic (exact) mass is 407 g/mol. The zero-order chi connectivity index (χ0) is 20.4. The highest BCUT2D eigenvalue weighted by atomic mass is 31.2. The van der Waals surface area contributed by atoms with Gasteiger partial charge in [0, 0.05) is 6.42 Å². The number of unbranched alkanes of at least 4 members (excludes halogenated alkanes) is 13. The van der Waals surface area contributed by atoms with Gasteiger partial charge >= 0.3 is 0 Å². The minimum atomic E-state index is -4.56. The molecule has 0 saturated carbocycles. The van der Waals surface area contributed by atoms with Crippen LogP contribution in [0.25, 0.3) is 0 Å². The van der Waals surface area contributed by atoms with E-state index in [9.17, 15) is 9.46 Å². The minimum Gasteiger partial charge on any atom is -0.756 e. The van der Waals surface area contributed by atoms with Crippen LogP contribution in [0, 0.1) is 0 Å². The maximum absolute atomic E-state index is 10.5. The summed E-state index contributed by atoms with van der Waals surface area (Å²) in [6, 6.07) is 0. The van der Waals surface area contributed by atoms with Crippen molar-refractivity contribution < 1.29 is 23.4 Å². The van der Waals surface area contributed by atoms with Crippen molar-refractivity contribution in [2.45, 2.75) is 103 Å². The molecule has 1 atom stereocenters. The summed E-state index contributed by atoms with van der Waals surface area (Å²) < 4.78 is 15.8. The van der Waals surface area contributed by atoms with E-state index in [2.05, 4.69) is 25.5 Å². The lowest BCUT2D eigenvalue weighted by molar-refractivity contribution is -0.890. The Morgan fingerprint density at radius 2 is 1.11 bits per heavy atom. The Bertz CT molecular complexity index is 371. The second-order valence-electron chi connectivity index (χ2n) is 8.63. The summed E-state index contributed by atoms with van der Waals surface area (Å²) in [5, 5.41) is 0.